The minimum atomic E-state index is -0.00856. The number of fused-ring (bicyclic) bond motifs is 1. The Morgan fingerprint density at radius 1 is 1.33 bits per heavy atom. The third kappa shape index (κ3) is 1.50. The van der Waals surface area contributed by atoms with Crippen LogP contribution in [0.25, 0.3) is 10.9 Å². The molecule has 15 heavy (non-hydrogen) atoms. The van der Waals surface area contributed by atoms with Crippen LogP contribution in [0.4, 0.5) is 0 Å². The lowest BCUT2D eigenvalue weighted by Crippen LogP contribution is -1.90. The Morgan fingerprint density at radius 2 is 2.07 bits per heavy atom. The van der Waals surface area contributed by atoms with Crippen LogP contribution < -0.4 is 0 Å². The fourth-order valence-corrected chi connectivity index (χ4v) is 1.53. The summed E-state index contributed by atoms with van der Waals surface area (Å²) in [4.78, 5) is 4.34. The van der Waals surface area contributed by atoms with Gasteiger partial charge in [-0.25, -0.2) is 0 Å². The number of aromatic nitrogens is 1. The van der Waals surface area contributed by atoms with E-state index in [1.54, 1.807) is 6.07 Å². The lowest BCUT2D eigenvalue weighted by Gasteiger charge is -2.03. The average molecular weight is 198 g/mol. The van der Waals surface area contributed by atoms with Crippen molar-refractivity contribution in [3.8, 4) is 11.8 Å². The van der Waals surface area contributed by atoms with Gasteiger partial charge in [0.25, 0.3) is 0 Å². The zero-order valence-corrected chi connectivity index (χ0v) is 8.36. The second-order valence-corrected chi connectivity index (χ2v) is 3.30. The predicted octanol–water partition coefficient (Wildman–Crippen LogP) is 2.37. The summed E-state index contributed by atoms with van der Waals surface area (Å²) in [6, 6.07) is 9.11. The molecule has 0 aliphatic rings. The number of benzene rings is 1. The summed E-state index contributed by atoms with van der Waals surface area (Å²) < 4.78 is 0. The molecule has 0 spiro atoms. The minimum Gasteiger partial charge on any atom is -0.506 e. The Bertz CT molecular complexity index is 555. The van der Waals surface area contributed by atoms with Crippen LogP contribution in [0.3, 0.4) is 0 Å². The van der Waals surface area contributed by atoms with Gasteiger partial charge in [0.05, 0.1) is 5.52 Å². The minimum absolute atomic E-state index is 0.00856. The Hall–Kier alpha value is -2.08. The normalized spacial score (nSPS) is 10.1. The Morgan fingerprint density at radius 3 is 2.73 bits per heavy atom. The Kier molecular flexibility index (Phi) is 2.26. The number of rotatable bonds is 1. The second-order valence-electron chi connectivity index (χ2n) is 3.30. The molecule has 3 nitrogen and oxygen atoms in total. The third-order valence-corrected chi connectivity index (χ3v) is 2.37. The number of phenolic OH excluding ortho intramolecular Hbond substituents is 1. The number of aryl methyl sites for hydroxylation is 1. The van der Waals surface area contributed by atoms with E-state index in [1.807, 2.05) is 25.1 Å². The van der Waals surface area contributed by atoms with E-state index >= 15 is 0 Å². The van der Waals surface area contributed by atoms with Crippen molar-refractivity contribution in [2.45, 2.75) is 13.3 Å². The van der Waals surface area contributed by atoms with Gasteiger partial charge in [-0.2, -0.15) is 5.26 Å². The van der Waals surface area contributed by atoms with E-state index in [0.717, 1.165) is 17.5 Å². The molecule has 1 N–H and O–H groups in total. The summed E-state index contributed by atoms with van der Waals surface area (Å²) in [5.41, 5.74) is 1.75. The SMILES string of the molecule is CCc1ccc2ccc(O)c(C#N)c2n1. The van der Waals surface area contributed by atoms with Gasteiger partial charge in [0, 0.05) is 11.1 Å². The molecule has 2 rings (SSSR count). The molecule has 0 saturated carbocycles. The molecule has 1 heterocycles. The van der Waals surface area contributed by atoms with E-state index in [9.17, 15) is 5.11 Å². The van der Waals surface area contributed by atoms with Crippen molar-refractivity contribution in [2.75, 3.05) is 0 Å². The van der Waals surface area contributed by atoms with Crippen molar-refractivity contribution in [3.05, 3.63) is 35.5 Å². The van der Waals surface area contributed by atoms with Crippen LogP contribution in [0, 0.1) is 11.3 Å². The number of phenols is 1. The van der Waals surface area contributed by atoms with E-state index in [-0.39, 0.29) is 11.3 Å². The molecule has 2 aromatic rings. The van der Waals surface area contributed by atoms with Crippen LogP contribution in [0.5, 0.6) is 5.75 Å². The average Bonchev–Trinajstić information content (AvgIpc) is 2.28. The molecular formula is C12H10N2O. The van der Waals surface area contributed by atoms with Gasteiger partial charge in [-0.1, -0.05) is 13.0 Å². The molecule has 0 unspecified atom stereocenters. The van der Waals surface area contributed by atoms with E-state index < -0.39 is 0 Å². The van der Waals surface area contributed by atoms with E-state index in [2.05, 4.69) is 4.98 Å². The number of aromatic hydroxyl groups is 1. The van der Waals surface area contributed by atoms with Gasteiger partial charge in [-0.3, -0.25) is 4.98 Å². The highest BCUT2D eigenvalue weighted by Gasteiger charge is 2.07. The number of hydrogen-bond acceptors (Lipinski definition) is 3. The fraction of sp³-hybridized carbons (Fsp3) is 0.167. The summed E-state index contributed by atoms with van der Waals surface area (Å²) in [6.45, 7) is 2.00. The topological polar surface area (TPSA) is 56.9 Å². The van der Waals surface area contributed by atoms with Crippen LogP contribution in [-0.2, 0) is 6.42 Å². The summed E-state index contributed by atoms with van der Waals surface area (Å²) >= 11 is 0. The molecule has 0 amide bonds. The zero-order valence-electron chi connectivity index (χ0n) is 8.36. The molecule has 0 fully saturated rings. The van der Waals surface area contributed by atoms with Crippen molar-refractivity contribution in [3.63, 3.8) is 0 Å². The van der Waals surface area contributed by atoms with Crippen molar-refractivity contribution in [1.82, 2.24) is 4.98 Å². The molecule has 74 valence electrons. The van der Waals surface area contributed by atoms with Crippen molar-refractivity contribution >= 4 is 10.9 Å². The molecule has 0 atom stereocenters. The molecule has 0 aliphatic heterocycles. The molecule has 1 aromatic carbocycles. The molecule has 0 aliphatic carbocycles. The summed E-state index contributed by atoms with van der Waals surface area (Å²) in [7, 11) is 0. The van der Waals surface area contributed by atoms with Crippen LogP contribution in [0.1, 0.15) is 18.2 Å². The monoisotopic (exact) mass is 198 g/mol. The van der Waals surface area contributed by atoms with Gasteiger partial charge in [0.2, 0.25) is 0 Å². The first-order valence-corrected chi connectivity index (χ1v) is 4.78. The lowest BCUT2D eigenvalue weighted by molar-refractivity contribution is 0.474. The molecule has 3 heteroatoms. The maximum Gasteiger partial charge on any atom is 0.135 e. The number of hydrogen-bond donors (Lipinski definition) is 1. The molecule has 0 bridgehead atoms. The van der Waals surface area contributed by atoms with Gasteiger partial charge in [-0.15, -0.1) is 0 Å². The smallest absolute Gasteiger partial charge is 0.135 e. The van der Waals surface area contributed by atoms with Crippen molar-refractivity contribution < 1.29 is 5.11 Å². The highest BCUT2D eigenvalue weighted by atomic mass is 16.3. The summed E-state index contributed by atoms with van der Waals surface area (Å²) in [5.74, 6) is -0.00856. The Labute approximate surface area is 87.6 Å². The largest absolute Gasteiger partial charge is 0.506 e. The summed E-state index contributed by atoms with van der Waals surface area (Å²) in [5, 5.41) is 19.3. The maximum absolute atomic E-state index is 9.51. The molecule has 0 radical (unpaired) electrons. The number of pyridine rings is 1. The second kappa shape index (κ2) is 3.58. The van der Waals surface area contributed by atoms with Gasteiger partial charge in [0.15, 0.2) is 0 Å². The summed E-state index contributed by atoms with van der Waals surface area (Å²) in [6.07, 6.45) is 0.816. The number of nitrogens with zero attached hydrogens (tertiary/aromatic N) is 2. The standard InChI is InChI=1S/C12H10N2O/c1-2-9-5-3-8-4-6-11(15)10(7-13)12(8)14-9/h3-6,15H,2H2,1H3. The van der Waals surface area contributed by atoms with Crippen molar-refractivity contribution in [1.29, 1.82) is 5.26 Å². The van der Waals surface area contributed by atoms with Gasteiger partial charge < -0.3 is 5.11 Å². The first kappa shape index (κ1) is 9.47. The first-order chi connectivity index (χ1) is 7.26. The zero-order chi connectivity index (χ0) is 10.8. The molecule has 0 saturated heterocycles. The first-order valence-electron chi connectivity index (χ1n) is 4.78. The van der Waals surface area contributed by atoms with E-state index in [4.69, 9.17) is 5.26 Å². The van der Waals surface area contributed by atoms with Crippen molar-refractivity contribution in [2.24, 2.45) is 0 Å². The van der Waals surface area contributed by atoms with E-state index in [1.165, 1.54) is 6.07 Å². The highest BCUT2D eigenvalue weighted by Crippen LogP contribution is 2.25. The van der Waals surface area contributed by atoms with Crippen LogP contribution in [0.2, 0.25) is 0 Å². The van der Waals surface area contributed by atoms with E-state index in [0.29, 0.717) is 5.52 Å². The number of nitriles is 1. The van der Waals surface area contributed by atoms with Gasteiger partial charge in [0.1, 0.15) is 17.4 Å². The fourth-order valence-electron chi connectivity index (χ4n) is 1.53. The predicted molar refractivity (Wildman–Crippen MR) is 57.5 cm³/mol. The van der Waals surface area contributed by atoms with Gasteiger partial charge in [-0.05, 0) is 24.6 Å². The van der Waals surface area contributed by atoms with Crippen LogP contribution >= 0.6 is 0 Å². The van der Waals surface area contributed by atoms with Gasteiger partial charge >= 0.3 is 0 Å². The maximum atomic E-state index is 9.51. The molecular weight excluding hydrogens is 188 g/mol. The van der Waals surface area contributed by atoms with Crippen LogP contribution in [-0.4, -0.2) is 10.1 Å². The molecule has 1 aromatic heterocycles. The Balaban J connectivity index is 2.83. The highest BCUT2D eigenvalue weighted by molar-refractivity contribution is 5.86. The quantitative estimate of drug-likeness (QED) is 0.765. The van der Waals surface area contributed by atoms with Crippen LogP contribution in [0.15, 0.2) is 24.3 Å². The lowest BCUT2D eigenvalue weighted by atomic mass is 10.1. The third-order valence-electron chi connectivity index (χ3n) is 2.37.